The van der Waals surface area contributed by atoms with Gasteiger partial charge in [0.05, 0.1) is 6.61 Å². The number of aryl methyl sites for hydroxylation is 1. The van der Waals surface area contributed by atoms with Gasteiger partial charge < -0.3 is 19.8 Å². The van der Waals surface area contributed by atoms with Crippen LogP contribution in [0, 0.1) is 0 Å². The van der Waals surface area contributed by atoms with Crippen LogP contribution >= 0.6 is 0 Å². The molecule has 0 saturated carbocycles. The van der Waals surface area contributed by atoms with Crippen molar-refractivity contribution in [3.8, 4) is 5.75 Å². The number of hydrogen-bond acceptors (Lipinski definition) is 5. The Balaban J connectivity index is 0.000000501. The molecule has 168 valence electrons. The van der Waals surface area contributed by atoms with E-state index in [1.807, 2.05) is 6.92 Å². The van der Waals surface area contributed by atoms with E-state index < -0.39 is 11.9 Å². The number of carboxylic acids is 2. The zero-order valence-electron chi connectivity index (χ0n) is 18.1. The summed E-state index contributed by atoms with van der Waals surface area (Å²) in [4.78, 5) is 23.4. The molecular weight excluding hydrogens is 396 g/mol. The van der Waals surface area contributed by atoms with Crippen molar-refractivity contribution in [2.75, 3.05) is 39.3 Å². The fourth-order valence-electron chi connectivity index (χ4n) is 3.44. The lowest BCUT2D eigenvalue weighted by Crippen LogP contribution is -2.46. The minimum atomic E-state index is -1.82. The molecule has 1 aliphatic heterocycles. The maximum atomic E-state index is 9.10. The molecule has 0 aromatic heterocycles. The average Bonchev–Trinajstić information content (AvgIpc) is 2.78. The van der Waals surface area contributed by atoms with Gasteiger partial charge in [0, 0.05) is 32.7 Å². The first-order valence-corrected chi connectivity index (χ1v) is 10.6. The van der Waals surface area contributed by atoms with Crippen LogP contribution in [0.15, 0.2) is 54.6 Å². The second kappa shape index (κ2) is 13.4. The maximum Gasteiger partial charge on any atom is 0.414 e. The fraction of sp³-hybridized carbons (Fsp3) is 0.417. The topological polar surface area (TPSA) is 90.3 Å². The summed E-state index contributed by atoms with van der Waals surface area (Å²) in [5.41, 5.74) is 2.83. The number of carboxylic acid groups (broad SMARTS) is 2. The van der Waals surface area contributed by atoms with Gasteiger partial charge in [0.25, 0.3) is 0 Å². The summed E-state index contributed by atoms with van der Waals surface area (Å²) in [5.74, 6) is -2.68. The fourth-order valence-corrected chi connectivity index (χ4v) is 3.44. The zero-order chi connectivity index (χ0) is 22.5. The van der Waals surface area contributed by atoms with Crippen LogP contribution in [0.5, 0.6) is 5.75 Å². The lowest BCUT2D eigenvalue weighted by atomic mass is 10.1. The standard InChI is InChI=1S/C22H30N2O.C2H2O4/c1-2-25-22-12-10-21(11-13-22)19-24-17-15-23(16-18-24)14-6-9-20-7-4-3-5-8-20;3-1(4)2(5)6/h3-5,7-8,10-13H,2,6,9,14-19H2,1H3;(H,3,4)(H,5,6). The number of rotatable bonds is 8. The molecule has 7 heteroatoms. The van der Waals surface area contributed by atoms with Crippen molar-refractivity contribution in [3.63, 3.8) is 0 Å². The molecular formula is C24H32N2O5. The highest BCUT2D eigenvalue weighted by Crippen LogP contribution is 2.15. The van der Waals surface area contributed by atoms with E-state index in [1.54, 1.807) is 0 Å². The molecule has 0 spiro atoms. The normalized spacial score (nSPS) is 14.4. The van der Waals surface area contributed by atoms with E-state index >= 15 is 0 Å². The highest BCUT2D eigenvalue weighted by atomic mass is 16.5. The van der Waals surface area contributed by atoms with Crippen LogP contribution < -0.4 is 4.74 Å². The van der Waals surface area contributed by atoms with E-state index in [4.69, 9.17) is 24.5 Å². The Labute approximate surface area is 183 Å². The quantitative estimate of drug-likeness (QED) is 0.625. The lowest BCUT2D eigenvalue weighted by Gasteiger charge is -2.34. The third-order valence-electron chi connectivity index (χ3n) is 5.07. The Morgan fingerprint density at radius 2 is 1.42 bits per heavy atom. The molecule has 3 rings (SSSR count). The molecule has 1 fully saturated rings. The zero-order valence-corrected chi connectivity index (χ0v) is 18.1. The van der Waals surface area contributed by atoms with Crippen LogP contribution in [-0.4, -0.2) is 71.3 Å². The predicted molar refractivity (Wildman–Crippen MR) is 119 cm³/mol. The van der Waals surface area contributed by atoms with Crippen molar-refractivity contribution in [3.05, 3.63) is 65.7 Å². The van der Waals surface area contributed by atoms with Crippen LogP contribution in [0.3, 0.4) is 0 Å². The van der Waals surface area contributed by atoms with Gasteiger partial charge in [-0.3, -0.25) is 4.90 Å². The highest BCUT2D eigenvalue weighted by Gasteiger charge is 2.16. The van der Waals surface area contributed by atoms with Gasteiger partial charge in [0.15, 0.2) is 0 Å². The molecule has 31 heavy (non-hydrogen) atoms. The molecule has 0 unspecified atom stereocenters. The van der Waals surface area contributed by atoms with Gasteiger partial charge in [-0.25, -0.2) is 9.59 Å². The molecule has 2 aromatic rings. The second-order valence-corrected chi connectivity index (χ2v) is 7.39. The van der Waals surface area contributed by atoms with Crippen molar-refractivity contribution in [2.24, 2.45) is 0 Å². The van der Waals surface area contributed by atoms with E-state index in [2.05, 4.69) is 64.4 Å². The SMILES string of the molecule is CCOc1ccc(CN2CCN(CCCc3ccccc3)CC2)cc1.O=C(O)C(=O)O. The summed E-state index contributed by atoms with van der Waals surface area (Å²) >= 11 is 0. The number of carbonyl (C=O) groups is 2. The van der Waals surface area contributed by atoms with Crippen LogP contribution in [0.4, 0.5) is 0 Å². The van der Waals surface area contributed by atoms with Crippen molar-refractivity contribution >= 4 is 11.9 Å². The molecule has 1 saturated heterocycles. The summed E-state index contributed by atoms with van der Waals surface area (Å²) < 4.78 is 5.51. The lowest BCUT2D eigenvalue weighted by molar-refractivity contribution is -0.159. The minimum absolute atomic E-state index is 0.728. The molecule has 0 aliphatic carbocycles. The monoisotopic (exact) mass is 428 g/mol. The van der Waals surface area contributed by atoms with E-state index in [9.17, 15) is 0 Å². The van der Waals surface area contributed by atoms with Crippen molar-refractivity contribution in [1.82, 2.24) is 9.80 Å². The van der Waals surface area contributed by atoms with Crippen LogP contribution in [-0.2, 0) is 22.6 Å². The number of hydrogen-bond donors (Lipinski definition) is 2. The van der Waals surface area contributed by atoms with Gasteiger partial charge in [-0.1, -0.05) is 42.5 Å². The number of aliphatic carboxylic acids is 2. The Kier molecular flexibility index (Phi) is 10.5. The van der Waals surface area contributed by atoms with Crippen LogP contribution in [0.1, 0.15) is 24.5 Å². The molecule has 1 heterocycles. The van der Waals surface area contributed by atoms with Gasteiger partial charge in [-0.2, -0.15) is 0 Å². The first-order chi connectivity index (χ1) is 15.0. The van der Waals surface area contributed by atoms with Gasteiger partial charge >= 0.3 is 11.9 Å². The molecule has 7 nitrogen and oxygen atoms in total. The van der Waals surface area contributed by atoms with Gasteiger partial charge in [0.1, 0.15) is 5.75 Å². The molecule has 2 aromatic carbocycles. The molecule has 1 aliphatic rings. The minimum Gasteiger partial charge on any atom is -0.494 e. The molecule has 2 N–H and O–H groups in total. The highest BCUT2D eigenvalue weighted by molar-refractivity contribution is 6.27. The summed E-state index contributed by atoms with van der Waals surface area (Å²) in [5, 5.41) is 14.8. The third kappa shape index (κ3) is 9.63. The second-order valence-electron chi connectivity index (χ2n) is 7.39. The molecule has 0 bridgehead atoms. The Hall–Kier alpha value is -2.90. The van der Waals surface area contributed by atoms with E-state index in [1.165, 1.54) is 56.7 Å². The number of piperazine rings is 1. The molecule has 0 atom stereocenters. The van der Waals surface area contributed by atoms with E-state index in [0.29, 0.717) is 0 Å². The number of benzene rings is 2. The average molecular weight is 429 g/mol. The predicted octanol–water partition coefficient (Wildman–Crippen LogP) is 2.99. The third-order valence-corrected chi connectivity index (χ3v) is 5.07. The number of nitrogens with zero attached hydrogens (tertiary/aromatic N) is 2. The summed E-state index contributed by atoms with van der Waals surface area (Å²) in [6.45, 7) is 9.71. The number of ether oxygens (including phenoxy) is 1. The molecule has 0 radical (unpaired) electrons. The van der Waals surface area contributed by atoms with Crippen LogP contribution in [0.25, 0.3) is 0 Å². The van der Waals surface area contributed by atoms with Crippen molar-refractivity contribution in [2.45, 2.75) is 26.3 Å². The van der Waals surface area contributed by atoms with Gasteiger partial charge in [-0.05, 0) is 49.6 Å². The maximum absolute atomic E-state index is 9.10. The summed E-state index contributed by atoms with van der Waals surface area (Å²) in [6, 6.07) is 19.4. The van der Waals surface area contributed by atoms with E-state index in [-0.39, 0.29) is 0 Å². The van der Waals surface area contributed by atoms with Crippen molar-refractivity contribution < 1.29 is 24.5 Å². The first-order valence-electron chi connectivity index (χ1n) is 10.6. The Bertz CT molecular complexity index is 775. The van der Waals surface area contributed by atoms with Crippen molar-refractivity contribution in [1.29, 1.82) is 0 Å². The van der Waals surface area contributed by atoms with Gasteiger partial charge in [0.2, 0.25) is 0 Å². The van der Waals surface area contributed by atoms with Gasteiger partial charge in [-0.15, -0.1) is 0 Å². The smallest absolute Gasteiger partial charge is 0.414 e. The Morgan fingerprint density at radius 3 is 1.97 bits per heavy atom. The van der Waals surface area contributed by atoms with E-state index in [0.717, 1.165) is 18.9 Å². The van der Waals surface area contributed by atoms with Crippen LogP contribution in [0.2, 0.25) is 0 Å². The summed E-state index contributed by atoms with van der Waals surface area (Å²) in [6.07, 6.45) is 2.44. The molecule has 0 amide bonds. The largest absolute Gasteiger partial charge is 0.494 e. The Morgan fingerprint density at radius 1 is 0.839 bits per heavy atom. The first kappa shape index (κ1) is 24.4. The summed E-state index contributed by atoms with van der Waals surface area (Å²) in [7, 11) is 0.